The number of benzene rings is 3. The van der Waals surface area contributed by atoms with E-state index in [-0.39, 0.29) is 18.4 Å². The van der Waals surface area contributed by atoms with Gasteiger partial charge in [-0.1, -0.05) is 36.3 Å². The molecule has 0 fully saturated rings. The fourth-order valence-electron chi connectivity index (χ4n) is 3.86. The highest BCUT2D eigenvalue weighted by molar-refractivity contribution is 9.10. The van der Waals surface area contributed by atoms with E-state index in [1.807, 2.05) is 43.3 Å². The molecule has 1 atom stereocenters. The summed E-state index contributed by atoms with van der Waals surface area (Å²) in [6.45, 7) is 2.56. The predicted molar refractivity (Wildman–Crippen MR) is 119 cm³/mol. The maximum absolute atomic E-state index is 12.4. The van der Waals surface area contributed by atoms with Crippen molar-refractivity contribution < 1.29 is 14.3 Å². The van der Waals surface area contributed by atoms with E-state index in [0.717, 1.165) is 32.1 Å². The van der Waals surface area contributed by atoms with Crippen LogP contribution in [0.25, 0.3) is 10.8 Å². The Morgan fingerprint density at radius 2 is 2.03 bits per heavy atom. The summed E-state index contributed by atoms with van der Waals surface area (Å²) in [6.07, 6.45) is 5.71. The monoisotopic (exact) mass is 449 g/mol. The van der Waals surface area contributed by atoms with E-state index in [9.17, 15) is 4.79 Å². The number of rotatable bonds is 5. The number of halogens is 1. The van der Waals surface area contributed by atoms with E-state index >= 15 is 0 Å². The van der Waals surface area contributed by atoms with Crippen LogP contribution in [0.1, 0.15) is 30.4 Å². The second kappa shape index (κ2) is 8.18. The fourth-order valence-corrected chi connectivity index (χ4v) is 4.43. The highest BCUT2D eigenvalue weighted by Crippen LogP contribution is 2.45. The van der Waals surface area contributed by atoms with Gasteiger partial charge < -0.3 is 14.8 Å². The summed E-state index contributed by atoms with van der Waals surface area (Å²) in [5.74, 6) is 3.57. The highest BCUT2D eigenvalue weighted by atomic mass is 79.9. The molecule has 0 spiro atoms. The molecule has 0 radical (unpaired) electrons. The number of fused-ring (bicyclic) bond motifs is 3. The first-order valence-electron chi connectivity index (χ1n) is 9.46. The third-order valence-electron chi connectivity index (χ3n) is 5.02. The average molecular weight is 450 g/mol. The first-order chi connectivity index (χ1) is 14.1. The van der Waals surface area contributed by atoms with Crippen LogP contribution in [0.3, 0.4) is 0 Å². The molecule has 1 aliphatic heterocycles. The molecule has 0 bridgehead atoms. The quantitative estimate of drug-likeness (QED) is 0.524. The first-order valence-corrected chi connectivity index (χ1v) is 10.3. The Bertz CT molecular complexity index is 1130. The molecule has 0 saturated carbocycles. The van der Waals surface area contributed by atoms with Crippen LogP contribution in [0.15, 0.2) is 53.0 Å². The van der Waals surface area contributed by atoms with Crippen LogP contribution in [0.2, 0.25) is 0 Å². The van der Waals surface area contributed by atoms with Gasteiger partial charge in [0, 0.05) is 18.0 Å². The molecule has 1 aliphatic rings. The van der Waals surface area contributed by atoms with Gasteiger partial charge >= 0.3 is 0 Å². The minimum Gasteiger partial charge on any atom is -0.490 e. The SMILES string of the molecule is C#CCOc1c(Br)cc([C@@H]2CC(=O)Nc3ccc4ccccc4c32)cc1OCC. The van der Waals surface area contributed by atoms with Crippen LogP contribution in [-0.4, -0.2) is 19.1 Å². The number of ether oxygens (including phenoxy) is 2. The number of hydrogen-bond donors (Lipinski definition) is 1. The van der Waals surface area contributed by atoms with Crippen LogP contribution in [-0.2, 0) is 4.79 Å². The van der Waals surface area contributed by atoms with Crippen molar-refractivity contribution in [2.24, 2.45) is 0 Å². The molecule has 0 aromatic heterocycles. The topological polar surface area (TPSA) is 47.6 Å². The van der Waals surface area contributed by atoms with Crippen LogP contribution < -0.4 is 14.8 Å². The number of carbonyl (C=O) groups is 1. The van der Waals surface area contributed by atoms with Gasteiger partial charge in [-0.3, -0.25) is 4.79 Å². The van der Waals surface area contributed by atoms with Crippen LogP contribution in [0.5, 0.6) is 11.5 Å². The third-order valence-corrected chi connectivity index (χ3v) is 5.61. The zero-order chi connectivity index (χ0) is 20.4. The van der Waals surface area contributed by atoms with E-state index in [2.05, 4.69) is 39.3 Å². The number of nitrogens with one attached hydrogen (secondary N) is 1. The minimum atomic E-state index is -0.0953. The van der Waals surface area contributed by atoms with E-state index in [4.69, 9.17) is 15.9 Å². The molecular weight excluding hydrogens is 430 g/mol. The van der Waals surface area contributed by atoms with Crippen LogP contribution in [0.4, 0.5) is 5.69 Å². The van der Waals surface area contributed by atoms with Crippen molar-refractivity contribution in [2.75, 3.05) is 18.5 Å². The van der Waals surface area contributed by atoms with E-state index in [1.165, 1.54) is 0 Å². The summed E-state index contributed by atoms with van der Waals surface area (Å²) in [5, 5.41) is 5.30. The summed E-state index contributed by atoms with van der Waals surface area (Å²) in [6, 6.07) is 16.2. The van der Waals surface area contributed by atoms with Gasteiger partial charge in [0.15, 0.2) is 11.5 Å². The number of terminal acetylenes is 1. The summed E-state index contributed by atoms with van der Waals surface area (Å²) >= 11 is 3.60. The number of hydrogen-bond acceptors (Lipinski definition) is 3. The zero-order valence-electron chi connectivity index (χ0n) is 16.0. The van der Waals surface area contributed by atoms with Crippen molar-refractivity contribution in [3.05, 3.63) is 64.1 Å². The lowest BCUT2D eigenvalue weighted by atomic mass is 9.82. The van der Waals surface area contributed by atoms with E-state index < -0.39 is 0 Å². The van der Waals surface area contributed by atoms with Gasteiger partial charge in [0.2, 0.25) is 5.91 Å². The summed E-state index contributed by atoms with van der Waals surface area (Å²) in [4.78, 5) is 12.4. The molecule has 146 valence electrons. The lowest BCUT2D eigenvalue weighted by molar-refractivity contribution is -0.116. The minimum absolute atomic E-state index is 0.000443. The maximum atomic E-state index is 12.4. The summed E-state index contributed by atoms with van der Waals surface area (Å²) in [5.41, 5.74) is 2.96. The second-order valence-corrected chi connectivity index (χ2v) is 7.66. The zero-order valence-corrected chi connectivity index (χ0v) is 17.6. The Labute approximate surface area is 178 Å². The lowest BCUT2D eigenvalue weighted by Gasteiger charge is -2.28. The Kier molecular flexibility index (Phi) is 5.46. The molecule has 0 unspecified atom stereocenters. The van der Waals surface area contributed by atoms with Crippen LogP contribution in [0, 0.1) is 12.3 Å². The summed E-state index contributed by atoms with van der Waals surface area (Å²) < 4.78 is 12.3. The molecule has 3 aromatic rings. The van der Waals surface area contributed by atoms with Gasteiger partial charge in [-0.2, -0.15) is 0 Å². The molecule has 29 heavy (non-hydrogen) atoms. The molecule has 0 saturated heterocycles. The molecule has 1 heterocycles. The van der Waals surface area contributed by atoms with Crippen molar-refractivity contribution in [1.82, 2.24) is 0 Å². The maximum Gasteiger partial charge on any atom is 0.225 e. The van der Waals surface area contributed by atoms with Crippen molar-refractivity contribution in [1.29, 1.82) is 0 Å². The van der Waals surface area contributed by atoms with Crippen molar-refractivity contribution in [3.63, 3.8) is 0 Å². The molecule has 4 nitrogen and oxygen atoms in total. The standard InChI is InChI=1S/C24H20BrNO3/c1-3-11-29-24-19(25)12-16(13-21(24)28-4-2)18-14-22(27)26-20-10-9-15-7-5-6-8-17(15)23(18)20/h1,5-10,12-13,18H,4,11,14H2,2H3,(H,26,27)/t18-/m0/s1. The van der Waals surface area contributed by atoms with Crippen molar-refractivity contribution in [2.45, 2.75) is 19.3 Å². The van der Waals surface area contributed by atoms with Gasteiger partial charge in [-0.25, -0.2) is 0 Å². The highest BCUT2D eigenvalue weighted by Gasteiger charge is 2.29. The molecule has 1 N–H and O–H groups in total. The molecule has 4 rings (SSSR count). The number of carbonyl (C=O) groups excluding carboxylic acids is 1. The number of anilines is 1. The van der Waals surface area contributed by atoms with Gasteiger partial charge in [-0.05, 0) is 63.0 Å². The predicted octanol–water partition coefficient (Wildman–Crippen LogP) is 5.49. The van der Waals surface area contributed by atoms with E-state index in [0.29, 0.717) is 24.5 Å². The summed E-state index contributed by atoms with van der Waals surface area (Å²) in [7, 11) is 0. The smallest absolute Gasteiger partial charge is 0.225 e. The average Bonchev–Trinajstić information content (AvgIpc) is 2.72. The van der Waals surface area contributed by atoms with Crippen LogP contribution >= 0.6 is 15.9 Å². The molecule has 1 amide bonds. The lowest BCUT2D eigenvalue weighted by Crippen LogP contribution is -2.23. The molecule has 5 heteroatoms. The fraction of sp³-hybridized carbons (Fsp3) is 0.208. The third kappa shape index (κ3) is 3.68. The van der Waals surface area contributed by atoms with Gasteiger partial charge in [0.1, 0.15) is 6.61 Å². The second-order valence-electron chi connectivity index (χ2n) is 6.81. The Morgan fingerprint density at radius 3 is 2.83 bits per heavy atom. The van der Waals surface area contributed by atoms with Crippen molar-refractivity contribution in [3.8, 4) is 23.8 Å². The Balaban J connectivity index is 1.88. The largest absolute Gasteiger partial charge is 0.490 e. The molecule has 3 aromatic carbocycles. The Hall–Kier alpha value is -2.97. The van der Waals surface area contributed by atoms with Gasteiger partial charge in [-0.15, -0.1) is 6.42 Å². The van der Waals surface area contributed by atoms with Crippen molar-refractivity contribution >= 4 is 38.3 Å². The van der Waals surface area contributed by atoms with Gasteiger partial charge in [0.05, 0.1) is 11.1 Å². The van der Waals surface area contributed by atoms with E-state index in [1.54, 1.807) is 0 Å². The number of amides is 1. The molecule has 0 aliphatic carbocycles. The Morgan fingerprint density at radius 1 is 1.21 bits per heavy atom. The first kappa shape index (κ1) is 19.4. The molecular formula is C24H20BrNO3. The van der Waals surface area contributed by atoms with Gasteiger partial charge in [0.25, 0.3) is 0 Å². The normalized spacial score (nSPS) is 15.3.